The van der Waals surface area contributed by atoms with Crippen LogP contribution in [0.25, 0.3) is 0 Å². The quantitative estimate of drug-likeness (QED) is 0.853. The molecule has 0 amide bonds. The normalized spacial score (nSPS) is 20.6. The van der Waals surface area contributed by atoms with Gasteiger partial charge in [0.25, 0.3) is 0 Å². The molecule has 0 saturated carbocycles. The molecule has 17 heavy (non-hydrogen) atoms. The predicted molar refractivity (Wildman–Crippen MR) is 67.7 cm³/mol. The maximum absolute atomic E-state index is 14.1. The van der Waals surface area contributed by atoms with Crippen LogP contribution in [0.1, 0.15) is 45.3 Å². The van der Waals surface area contributed by atoms with E-state index in [1.165, 1.54) is 6.07 Å². The van der Waals surface area contributed by atoms with Crippen molar-refractivity contribution in [3.05, 3.63) is 29.6 Å². The largest absolute Gasteiger partial charge is 0.389 e. The number of halogens is 1. The Morgan fingerprint density at radius 1 is 1.41 bits per heavy atom. The van der Waals surface area contributed by atoms with E-state index < -0.39 is 6.10 Å². The topological polar surface area (TPSA) is 23.5 Å². The number of aliphatic hydroxyl groups excluding tert-OH is 1. The van der Waals surface area contributed by atoms with E-state index in [1.807, 2.05) is 0 Å². The predicted octanol–water partition coefficient (Wildman–Crippen LogP) is 3.26. The molecular weight excluding hydrogens is 217 g/mol. The van der Waals surface area contributed by atoms with Crippen molar-refractivity contribution in [2.75, 3.05) is 11.4 Å². The first kappa shape index (κ1) is 12.4. The number of benzene rings is 1. The van der Waals surface area contributed by atoms with Gasteiger partial charge in [-0.25, -0.2) is 4.39 Å². The molecule has 2 nitrogen and oxygen atoms in total. The third-order valence-electron chi connectivity index (χ3n) is 3.64. The molecule has 1 N–H and O–H groups in total. The van der Waals surface area contributed by atoms with Gasteiger partial charge in [0.05, 0.1) is 11.8 Å². The van der Waals surface area contributed by atoms with E-state index in [2.05, 4.69) is 18.7 Å². The summed E-state index contributed by atoms with van der Waals surface area (Å²) in [6.07, 6.45) is 1.48. The van der Waals surface area contributed by atoms with Crippen molar-refractivity contribution in [3.8, 4) is 0 Å². The Bertz CT molecular complexity index is 415. The van der Waals surface area contributed by atoms with E-state index in [4.69, 9.17) is 0 Å². The Balaban J connectivity index is 2.50. The van der Waals surface area contributed by atoms with Crippen molar-refractivity contribution in [1.29, 1.82) is 0 Å². The van der Waals surface area contributed by atoms with Gasteiger partial charge in [0, 0.05) is 17.6 Å². The third-order valence-corrected chi connectivity index (χ3v) is 3.64. The molecule has 94 valence electrons. The highest BCUT2D eigenvalue weighted by molar-refractivity contribution is 5.58. The Kier molecular flexibility index (Phi) is 3.13. The third kappa shape index (κ3) is 2.16. The van der Waals surface area contributed by atoms with Gasteiger partial charge in [-0.3, -0.25) is 0 Å². The summed E-state index contributed by atoms with van der Waals surface area (Å²) in [6, 6.07) is 4.93. The average Bonchev–Trinajstić information content (AvgIpc) is 2.57. The molecule has 1 aromatic carbocycles. The van der Waals surface area contributed by atoms with Crippen LogP contribution in [-0.4, -0.2) is 17.2 Å². The summed E-state index contributed by atoms with van der Waals surface area (Å²) >= 11 is 0. The van der Waals surface area contributed by atoms with E-state index in [-0.39, 0.29) is 11.4 Å². The van der Waals surface area contributed by atoms with Gasteiger partial charge < -0.3 is 10.0 Å². The lowest BCUT2D eigenvalue weighted by molar-refractivity contribution is 0.199. The van der Waals surface area contributed by atoms with Crippen molar-refractivity contribution in [1.82, 2.24) is 0 Å². The summed E-state index contributed by atoms with van der Waals surface area (Å²) in [6.45, 7) is 6.78. The molecule has 1 aliphatic rings. The zero-order chi connectivity index (χ0) is 12.6. The molecule has 2 rings (SSSR count). The SMILES string of the molecule is C[C@H](O)c1cccc(F)c1N1CCCC1(C)C. The van der Waals surface area contributed by atoms with E-state index in [0.717, 1.165) is 19.4 Å². The molecule has 1 aromatic rings. The summed E-state index contributed by atoms with van der Waals surface area (Å²) in [5, 5.41) is 9.77. The first-order valence-corrected chi connectivity index (χ1v) is 6.17. The summed E-state index contributed by atoms with van der Waals surface area (Å²) in [5.74, 6) is -0.238. The van der Waals surface area contributed by atoms with Crippen LogP contribution < -0.4 is 4.90 Å². The van der Waals surface area contributed by atoms with Gasteiger partial charge in [0.1, 0.15) is 5.82 Å². The van der Waals surface area contributed by atoms with Crippen molar-refractivity contribution < 1.29 is 9.50 Å². The molecule has 3 heteroatoms. The second kappa shape index (κ2) is 4.30. The zero-order valence-electron chi connectivity index (χ0n) is 10.7. The smallest absolute Gasteiger partial charge is 0.146 e. The lowest BCUT2D eigenvalue weighted by atomic mass is 9.99. The number of hydrogen-bond donors (Lipinski definition) is 1. The highest BCUT2D eigenvalue weighted by atomic mass is 19.1. The van der Waals surface area contributed by atoms with Crippen molar-refractivity contribution >= 4 is 5.69 Å². The van der Waals surface area contributed by atoms with Gasteiger partial charge in [-0.05, 0) is 39.7 Å². The number of aliphatic hydroxyl groups is 1. The van der Waals surface area contributed by atoms with E-state index in [0.29, 0.717) is 11.3 Å². The van der Waals surface area contributed by atoms with Crippen molar-refractivity contribution in [2.45, 2.75) is 45.3 Å². The molecule has 0 bridgehead atoms. The molecule has 1 aliphatic heterocycles. The van der Waals surface area contributed by atoms with E-state index >= 15 is 0 Å². The Hall–Kier alpha value is -1.09. The van der Waals surface area contributed by atoms with Crippen LogP contribution in [-0.2, 0) is 0 Å². The van der Waals surface area contributed by atoms with Gasteiger partial charge >= 0.3 is 0 Å². The van der Waals surface area contributed by atoms with Gasteiger partial charge in [-0.2, -0.15) is 0 Å². The fourth-order valence-corrected chi connectivity index (χ4v) is 2.68. The minimum Gasteiger partial charge on any atom is -0.389 e. The van der Waals surface area contributed by atoms with Crippen LogP contribution in [0.15, 0.2) is 18.2 Å². The fourth-order valence-electron chi connectivity index (χ4n) is 2.68. The number of para-hydroxylation sites is 1. The second-order valence-electron chi connectivity index (χ2n) is 5.42. The van der Waals surface area contributed by atoms with Crippen LogP contribution in [0, 0.1) is 5.82 Å². The van der Waals surface area contributed by atoms with Gasteiger partial charge in [0.15, 0.2) is 0 Å². The summed E-state index contributed by atoms with van der Waals surface area (Å²) in [4.78, 5) is 2.09. The van der Waals surface area contributed by atoms with Crippen LogP contribution in [0.3, 0.4) is 0 Å². The minimum absolute atomic E-state index is 0.0359. The molecule has 0 aliphatic carbocycles. The zero-order valence-corrected chi connectivity index (χ0v) is 10.7. The van der Waals surface area contributed by atoms with Gasteiger partial charge in [0.2, 0.25) is 0 Å². The lowest BCUT2D eigenvalue weighted by Gasteiger charge is -2.35. The molecule has 0 spiro atoms. The van der Waals surface area contributed by atoms with Crippen LogP contribution in [0.2, 0.25) is 0 Å². The number of anilines is 1. The Morgan fingerprint density at radius 3 is 2.65 bits per heavy atom. The molecule has 0 unspecified atom stereocenters. The molecule has 0 radical (unpaired) electrons. The Labute approximate surface area is 102 Å². The van der Waals surface area contributed by atoms with Crippen LogP contribution in [0.5, 0.6) is 0 Å². The summed E-state index contributed by atoms with van der Waals surface area (Å²) in [7, 11) is 0. The minimum atomic E-state index is -0.642. The summed E-state index contributed by atoms with van der Waals surface area (Å²) < 4.78 is 14.1. The van der Waals surface area contributed by atoms with E-state index in [9.17, 15) is 9.50 Å². The molecule has 1 fully saturated rings. The highest BCUT2D eigenvalue weighted by Crippen LogP contribution is 2.38. The first-order valence-electron chi connectivity index (χ1n) is 6.17. The van der Waals surface area contributed by atoms with Gasteiger partial charge in [-0.1, -0.05) is 12.1 Å². The maximum atomic E-state index is 14.1. The molecule has 1 saturated heterocycles. The maximum Gasteiger partial charge on any atom is 0.146 e. The summed E-state index contributed by atoms with van der Waals surface area (Å²) in [5.41, 5.74) is 1.22. The number of nitrogens with zero attached hydrogens (tertiary/aromatic N) is 1. The number of rotatable bonds is 2. The van der Waals surface area contributed by atoms with Crippen LogP contribution >= 0.6 is 0 Å². The second-order valence-corrected chi connectivity index (χ2v) is 5.42. The van der Waals surface area contributed by atoms with Crippen molar-refractivity contribution in [2.24, 2.45) is 0 Å². The molecule has 1 heterocycles. The lowest BCUT2D eigenvalue weighted by Crippen LogP contribution is -2.39. The highest BCUT2D eigenvalue weighted by Gasteiger charge is 2.35. The van der Waals surface area contributed by atoms with Crippen molar-refractivity contribution in [3.63, 3.8) is 0 Å². The number of hydrogen-bond acceptors (Lipinski definition) is 2. The molecule has 1 atom stereocenters. The van der Waals surface area contributed by atoms with E-state index in [1.54, 1.807) is 19.1 Å². The average molecular weight is 237 g/mol. The van der Waals surface area contributed by atoms with Gasteiger partial charge in [-0.15, -0.1) is 0 Å². The molecular formula is C14H20FNO. The fraction of sp³-hybridized carbons (Fsp3) is 0.571. The Morgan fingerprint density at radius 2 is 2.12 bits per heavy atom. The van der Waals surface area contributed by atoms with Crippen LogP contribution in [0.4, 0.5) is 10.1 Å². The molecule has 0 aromatic heterocycles. The standard InChI is InChI=1S/C14H20FNO/c1-10(17)11-6-4-7-12(15)13(11)16-9-5-8-14(16,2)3/h4,6-7,10,17H,5,8-9H2,1-3H3/t10-/m0/s1. The monoisotopic (exact) mass is 237 g/mol. The first-order chi connectivity index (χ1) is 7.93.